The van der Waals surface area contributed by atoms with Crippen LogP contribution >= 0.6 is 11.6 Å². The SMILES string of the molecule is CCCCC(=O)N1CCCN(C(=O)c2ccc(Cl)cc2)CC1. The largest absolute Gasteiger partial charge is 0.341 e. The van der Waals surface area contributed by atoms with Gasteiger partial charge in [-0.3, -0.25) is 9.59 Å². The average molecular weight is 323 g/mol. The minimum atomic E-state index is 0.0134. The van der Waals surface area contributed by atoms with Crippen molar-refractivity contribution < 1.29 is 9.59 Å². The number of hydrogen-bond donors (Lipinski definition) is 0. The first kappa shape index (κ1) is 16.8. The van der Waals surface area contributed by atoms with Crippen molar-refractivity contribution in [1.29, 1.82) is 0 Å². The molecule has 0 N–H and O–H groups in total. The number of carbonyl (C=O) groups excluding carboxylic acids is 2. The van der Waals surface area contributed by atoms with Crippen molar-refractivity contribution in [2.45, 2.75) is 32.6 Å². The summed E-state index contributed by atoms with van der Waals surface area (Å²) in [4.78, 5) is 28.3. The van der Waals surface area contributed by atoms with Gasteiger partial charge in [-0.2, -0.15) is 0 Å². The van der Waals surface area contributed by atoms with Crippen molar-refractivity contribution in [1.82, 2.24) is 9.80 Å². The molecule has 5 heteroatoms. The lowest BCUT2D eigenvalue weighted by atomic mass is 10.2. The van der Waals surface area contributed by atoms with Gasteiger partial charge in [0.05, 0.1) is 0 Å². The van der Waals surface area contributed by atoms with Crippen LogP contribution in [-0.2, 0) is 4.79 Å². The molecule has 2 rings (SSSR count). The third kappa shape index (κ3) is 4.47. The summed E-state index contributed by atoms with van der Waals surface area (Å²) in [5, 5.41) is 0.625. The van der Waals surface area contributed by atoms with Crippen LogP contribution in [-0.4, -0.2) is 47.8 Å². The number of benzene rings is 1. The van der Waals surface area contributed by atoms with Gasteiger partial charge in [0, 0.05) is 43.2 Å². The van der Waals surface area contributed by atoms with Crippen LogP contribution in [0.25, 0.3) is 0 Å². The third-order valence-corrected chi connectivity index (χ3v) is 4.22. The number of amides is 2. The van der Waals surface area contributed by atoms with Crippen LogP contribution in [0, 0.1) is 0 Å². The first-order chi connectivity index (χ1) is 10.6. The molecule has 1 heterocycles. The summed E-state index contributed by atoms with van der Waals surface area (Å²) in [7, 11) is 0. The third-order valence-electron chi connectivity index (χ3n) is 3.97. The molecule has 2 amide bonds. The van der Waals surface area contributed by atoms with E-state index in [4.69, 9.17) is 11.6 Å². The highest BCUT2D eigenvalue weighted by Crippen LogP contribution is 2.14. The van der Waals surface area contributed by atoms with E-state index in [1.165, 1.54) is 0 Å². The molecular weight excluding hydrogens is 300 g/mol. The average Bonchev–Trinajstić information content (AvgIpc) is 2.78. The summed E-state index contributed by atoms with van der Waals surface area (Å²) in [5.41, 5.74) is 0.648. The van der Waals surface area contributed by atoms with E-state index in [-0.39, 0.29) is 11.8 Å². The van der Waals surface area contributed by atoms with Gasteiger partial charge < -0.3 is 9.80 Å². The van der Waals surface area contributed by atoms with E-state index >= 15 is 0 Å². The second-order valence-electron chi connectivity index (χ2n) is 5.64. The molecule has 0 radical (unpaired) electrons. The monoisotopic (exact) mass is 322 g/mol. The molecule has 4 nitrogen and oxygen atoms in total. The molecule has 0 spiro atoms. The molecule has 1 saturated heterocycles. The maximum atomic E-state index is 12.5. The Kier molecular flexibility index (Phi) is 6.25. The second kappa shape index (κ2) is 8.18. The van der Waals surface area contributed by atoms with Gasteiger partial charge in [0.25, 0.3) is 5.91 Å². The van der Waals surface area contributed by atoms with Gasteiger partial charge in [-0.1, -0.05) is 24.9 Å². The molecular formula is C17H23ClN2O2. The fraction of sp³-hybridized carbons (Fsp3) is 0.529. The van der Waals surface area contributed by atoms with Crippen LogP contribution in [0.2, 0.25) is 5.02 Å². The number of carbonyl (C=O) groups is 2. The highest BCUT2D eigenvalue weighted by Gasteiger charge is 2.22. The van der Waals surface area contributed by atoms with Gasteiger partial charge in [-0.05, 0) is 37.1 Å². The maximum absolute atomic E-state index is 12.5. The molecule has 1 aliphatic heterocycles. The lowest BCUT2D eigenvalue weighted by molar-refractivity contribution is -0.131. The molecule has 0 saturated carbocycles. The Labute approximate surface area is 137 Å². The van der Waals surface area contributed by atoms with E-state index in [2.05, 4.69) is 6.92 Å². The summed E-state index contributed by atoms with van der Waals surface area (Å²) in [6.45, 7) is 4.75. The Bertz CT molecular complexity index is 516. The molecule has 0 aliphatic carbocycles. The summed E-state index contributed by atoms with van der Waals surface area (Å²) < 4.78 is 0. The summed E-state index contributed by atoms with van der Waals surface area (Å²) in [6, 6.07) is 6.96. The van der Waals surface area contributed by atoms with E-state index in [9.17, 15) is 9.59 Å². The Balaban J connectivity index is 1.93. The maximum Gasteiger partial charge on any atom is 0.253 e. The molecule has 0 bridgehead atoms. The molecule has 0 aromatic heterocycles. The van der Waals surface area contributed by atoms with Crippen molar-refractivity contribution in [2.75, 3.05) is 26.2 Å². The fourth-order valence-electron chi connectivity index (χ4n) is 2.63. The Hall–Kier alpha value is -1.55. The fourth-order valence-corrected chi connectivity index (χ4v) is 2.76. The molecule has 1 aliphatic rings. The zero-order chi connectivity index (χ0) is 15.9. The number of nitrogens with zero attached hydrogens (tertiary/aromatic N) is 2. The van der Waals surface area contributed by atoms with Crippen LogP contribution < -0.4 is 0 Å². The standard InChI is InChI=1S/C17H23ClN2O2/c1-2-3-5-16(21)19-10-4-11-20(13-12-19)17(22)14-6-8-15(18)9-7-14/h6-9H,2-5,10-13H2,1H3. The van der Waals surface area contributed by atoms with Gasteiger partial charge in [0.1, 0.15) is 0 Å². The van der Waals surface area contributed by atoms with Gasteiger partial charge in [-0.15, -0.1) is 0 Å². The van der Waals surface area contributed by atoms with E-state index in [1.807, 2.05) is 9.80 Å². The Morgan fingerprint density at radius 1 is 1.05 bits per heavy atom. The zero-order valence-electron chi connectivity index (χ0n) is 13.1. The van der Waals surface area contributed by atoms with Crippen molar-refractivity contribution in [3.05, 3.63) is 34.9 Å². The first-order valence-corrected chi connectivity index (χ1v) is 8.32. The number of halogens is 1. The smallest absolute Gasteiger partial charge is 0.253 e. The van der Waals surface area contributed by atoms with E-state index < -0.39 is 0 Å². The Morgan fingerprint density at radius 3 is 2.36 bits per heavy atom. The summed E-state index contributed by atoms with van der Waals surface area (Å²) in [6.07, 6.45) is 3.41. The lowest BCUT2D eigenvalue weighted by Crippen LogP contribution is -2.37. The lowest BCUT2D eigenvalue weighted by Gasteiger charge is -2.22. The number of unbranched alkanes of at least 4 members (excludes halogenated alkanes) is 1. The molecule has 22 heavy (non-hydrogen) atoms. The number of rotatable bonds is 4. The van der Waals surface area contributed by atoms with Gasteiger partial charge >= 0.3 is 0 Å². The number of hydrogen-bond acceptors (Lipinski definition) is 2. The first-order valence-electron chi connectivity index (χ1n) is 7.94. The van der Waals surface area contributed by atoms with Crippen molar-refractivity contribution in [3.8, 4) is 0 Å². The van der Waals surface area contributed by atoms with Crippen molar-refractivity contribution in [3.63, 3.8) is 0 Å². The van der Waals surface area contributed by atoms with Crippen LogP contribution in [0.4, 0.5) is 0 Å². The summed E-state index contributed by atoms with van der Waals surface area (Å²) >= 11 is 5.85. The van der Waals surface area contributed by atoms with Gasteiger partial charge in [-0.25, -0.2) is 0 Å². The molecule has 0 unspecified atom stereocenters. The van der Waals surface area contributed by atoms with E-state index in [0.29, 0.717) is 36.6 Å². The van der Waals surface area contributed by atoms with E-state index in [0.717, 1.165) is 25.8 Å². The van der Waals surface area contributed by atoms with Gasteiger partial charge in [0.2, 0.25) is 5.91 Å². The Morgan fingerprint density at radius 2 is 1.68 bits per heavy atom. The van der Waals surface area contributed by atoms with Crippen LogP contribution in [0.3, 0.4) is 0 Å². The highest BCUT2D eigenvalue weighted by atomic mass is 35.5. The normalized spacial score (nSPS) is 15.5. The minimum absolute atomic E-state index is 0.0134. The van der Waals surface area contributed by atoms with Crippen LogP contribution in [0.1, 0.15) is 43.0 Å². The summed E-state index contributed by atoms with van der Waals surface area (Å²) in [5.74, 6) is 0.224. The molecule has 0 atom stereocenters. The molecule has 1 aromatic carbocycles. The quantitative estimate of drug-likeness (QED) is 0.854. The zero-order valence-corrected chi connectivity index (χ0v) is 13.8. The molecule has 120 valence electrons. The second-order valence-corrected chi connectivity index (χ2v) is 6.07. The topological polar surface area (TPSA) is 40.6 Å². The highest BCUT2D eigenvalue weighted by molar-refractivity contribution is 6.30. The minimum Gasteiger partial charge on any atom is -0.341 e. The van der Waals surface area contributed by atoms with Crippen LogP contribution in [0.5, 0.6) is 0 Å². The predicted octanol–water partition coefficient (Wildman–Crippen LogP) is 3.20. The van der Waals surface area contributed by atoms with Gasteiger partial charge in [0.15, 0.2) is 0 Å². The molecule has 1 fully saturated rings. The van der Waals surface area contributed by atoms with Crippen LogP contribution in [0.15, 0.2) is 24.3 Å². The van der Waals surface area contributed by atoms with E-state index in [1.54, 1.807) is 24.3 Å². The predicted molar refractivity (Wildman–Crippen MR) is 88.1 cm³/mol. The van der Waals surface area contributed by atoms with Crippen molar-refractivity contribution in [2.24, 2.45) is 0 Å². The van der Waals surface area contributed by atoms with Crippen molar-refractivity contribution >= 4 is 23.4 Å². The molecule has 1 aromatic rings.